The Labute approximate surface area is 440 Å². The quantitative estimate of drug-likeness (QED) is 0.0596. The van der Waals surface area contributed by atoms with E-state index in [1.165, 1.54) is 0 Å². The van der Waals surface area contributed by atoms with Crippen LogP contribution in [0.15, 0.2) is 52.8 Å². The summed E-state index contributed by atoms with van der Waals surface area (Å²) in [5.74, 6) is 3.35. The second kappa shape index (κ2) is 21.6. The molecule has 2 aliphatic carbocycles. The lowest BCUT2D eigenvalue weighted by molar-refractivity contribution is -0.154. The number of aromatic nitrogens is 3. The number of thiophene rings is 1. The van der Waals surface area contributed by atoms with Gasteiger partial charge in [-0.3, -0.25) is 33.5 Å². The normalized spacial score (nSPS) is 21.0. The average Bonchev–Trinajstić information content (AvgIpc) is 3.81. The molecule has 9 rings (SSSR count). The number of allylic oxidation sites excluding steroid dienone is 1. The summed E-state index contributed by atoms with van der Waals surface area (Å²) < 4.78 is 37.7. The molecule has 4 aromatic rings. The van der Waals surface area contributed by atoms with Crippen LogP contribution in [-0.4, -0.2) is 122 Å². The number of carboxylic acid groups (broad SMARTS) is 1. The van der Waals surface area contributed by atoms with Crippen molar-refractivity contribution in [3.63, 3.8) is 0 Å². The van der Waals surface area contributed by atoms with E-state index in [-0.39, 0.29) is 55.6 Å². The van der Waals surface area contributed by atoms with E-state index in [1.807, 2.05) is 37.5 Å². The lowest BCUT2D eigenvalue weighted by Crippen LogP contribution is -2.50. The molecule has 5 heterocycles. The van der Waals surface area contributed by atoms with E-state index in [1.54, 1.807) is 45.4 Å². The molecule has 1 saturated heterocycles. The van der Waals surface area contributed by atoms with Crippen LogP contribution in [-0.2, 0) is 30.4 Å². The van der Waals surface area contributed by atoms with E-state index in [4.69, 9.17) is 44.5 Å². The summed E-state index contributed by atoms with van der Waals surface area (Å²) in [5.41, 5.74) is 9.64. The van der Waals surface area contributed by atoms with Gasteiger partial charge in [0.1, 0.15) is 34.9 Å². The number of ether oxygens (including phenoxy) is 1. The number of carboxylic acids is 1. The molecule has 3 fully saturated rings. The van der Waals surface area contributed by atoms with Crippen molar-refractivity contribution >= 4 is 69.8 Å². The number of aliphatic imine (C=N–C) groups is 1. The van der Waals surface area contributed by atoms with Gasteiger partial charge < -0.3 is 41.0 Å². The number of rotatable bonds is 17. The number of likely N-dealkylation sites (tertiary alicyclic amines) is 1. The number of hydrazine groups is 1. The van der Waals surface area contributed by atoms with Crippen LogP contribution < -0.4 is 26.9 Å². The molecule has 5 aliphatic rings. The minimum absolute atomic E-state index is 0.0414. The van der Waals surface area contributed by atoms with Gasteiger partial charge in [-0.05, 0) is 93.7 Å². The molecule has 2 saturated carbocycles. The first-order valence-corrected chi connectivity index (χ1v) is 26.4. The topological polar surface area (TPSA) is 244 Å². The monoisotopic (exact) mass is 1080 g/mol. The molecule has 4 atom stereocenters. The van der Waals surface area contributed by atoms with Gasteiger partial charge in [0.25, 0.3) is 6.43 Å². The van der Waals surface area contributed by atoms with Gasteiger partial charge in [-0.1, -0.05) is 48.2 Å². The number of aliphatic carboxylic acids is 1. The van der Waals surface area contributed by atoms with E-state index in [0.29, 0.717) is 83.6 Å². The van der Waals surface area contributed by atoms with Gasteiger partial charge in [0.05, 0.1) is 48.8 Å². The molecule has 0 radical (unpaired) electrons. The Bertz CT molecular complexity index is 2940. The highest BCUT2D eigenvalue weighted by atomic mass is 35.5. The summed E-state index contributed by atoms with van der Waals surface area (Å²) in [6, 6.07) is 8.90. The smallest absolute Gasteiger partial charge is 0.307 e. The molecule has 23 heteroatoms. The lowest BCUT2D eigenvalue weighted by atomic mass is 9.77. The van der Waals surface area contributed by atoms with Crippen LogP contribution in [0.4, 0.5) is 8.78 Å². The summed E-state index contributed by atoms with van der Waals surface area (Å²) in [5, 5.41) is 26.6. The van der Waals surface area contributed by atoms with E-state index in [0.717, 1.165) is 44.4 Å². The summed E-state index contributed by atoms with van der Waals surface area (Å²) in [4.78, 5) is 76.3. The zero-order valence-electron chi connectivity index (χ0n) is 41.3. The maximum absolute atomic E-state index is 14.8. The fourth-order valence-electron chi connectivity index (χ4n) is 10.9. The highest BCUT2D eigenvalue weighted by Crippen LogP contribution is 2.54. The molecular weight excluding hydrogens is 1020 g/mol. The molecular formula is C51H59Cl2F2N11O7S. The largest absolute Gasteiger partial charge is 0.487 e. The van der Waals surface area contributed by atoms with Gasteiger partial charge in [-0.25, -0.2) is 14.6 Å². The van der Waals surface area contributed by atoms with Crippen molar-refractivity contribution in [3.8, 4) is 10.8 Å². The minimum atomic E-state index is -3.16. The molecule has 2 aromatic carbocycles. The highest BCUT2D eigenvalue weighted by molar-refractivity contribution is 7.15. The second-order valence-corrected chi connectivity index (χ2v) is 22.0. The number of carbonyl (C=O) groups is 5. The molecule has 74 heavy (non-hydrogen) atoms. The minimum Gasteiger partial charge on any atom is -0.487 e. The van der Waals surface area contributed by atoms with Crippen LogP contribution in [0.3, 0.4) is 0 Å². The highest BCUT2D eigenvalue weighted by Gasteiger charge is 2.53. The molecule has 18 nitrogen and oxygen atoms in total. The summed E-state index contributed by atoms with van der Waals surface area (Å²) in [6.45, 7) is 5.23. The number of fused-ring (bicyclic) bond motifs is 4. The predicted molar refractivity (Wildman–Crippen MR) is 273 cm³/mol. The first kappa shape index (κ1) is 52.7. The Hall–Kier alpha value is -6.16. The van der Waals surface area contributed by atoms with Crippen LogP contribution in [0, 0.1) is 38.0 Å². The molecule has 3 aliphatic heterocycles. The fourth-order valence-corrected chi connectivity index (χ4v) is 12.5. The Morgan fingerprint density at radius 1 is 1.01 bits per heavy atom. The number of hydrogen-bond acceptors (Lipinski definition) is 13. The Morgan fingerprint density at radius 2 is 1.74 bits per heavy atom. The number of nitrogens with one attached hydrogen (secondary N) is 2. The fraction of sp³-hybridized carbons (Fsp3) is 0.490. The number of halogens is 4. The first-order valence-electron chi connectivity index (χ1n) is 24.8. The number of alkyl halides is 2. The third kappa shape index (κ3) is 10.7. The molecule has 394 valence electrons. The third-order valence-electron chi connectivity index (χ3n) is 15.1. The van der Waals surface area contributed by atoms with Gasteiger partial charge in [-0.15, -0.1) is 21.5 Å². The van der Waals surface area contributed by atoms with Crippen LogP contribution in [0.5, 0.6) is 5.75 Å². The van der Waals surface area contributed by atoms with Crippen molar-refractivity contribution in [2.24, 2.45) is 33.8 Å². The second-order valence-electron chi connectivity index (χ2n) is 20.0. The summed E-state index contributed by atoms with van der Waals surface area (Å²) >= 11 is 14.6. The summed E-state index contributed by atoms with van der Waals surface area (Å²) in [6.07, 6.45) is 1.43. The van der Waals surface area contributed by atoms with Crippen molar-refractivity contribution in [2.45, 2.75) is 97.1 Å². The SMILES string of the molecule is Cc1sc2c(c1C)C(c1ccc(Cl)cc1)=NC(CC(=O)NCC(=O)NCCN(N)/C(=C(\N)COc1ccc(Cl)c3c1C(CN1CC4(CC4)CC1=O)N(C(=O)C1CCCCC1C(=O)O)CC3)C(F)F)c1nnc(C)n1-2. The van der Waals surface area contributed by atoms with Crippen molar-refractivity contribution in [1.29, 1.82) is 0 Å². The molecule has 2 aromatic heterocycles. The number of carbonyl (C=O) groups excluding carboxylic acids is 4. The van der Waals surface area contributed by atoms with Crippen LogP contribution in [0.2, 0.25) is 10.0 Å². The summed E-state index contributed by atoms with van der Waals surface area (Å²) in [7, 11) is 0. The van der Waals surface area contributed by atoms with Crippen LogP contribution in [0.25, 0.3) is 5.00 Å². The van der Waals surface area contributed by atoms with Gasteiger partial charge in [0, 0.05) is 64.2 Å². The van der Waals surface area contributed by atoms with Crippen LogP contribution in [0.1, 0.15) is 108 Å². The van der Waals surface area contributed by atoms with Gasteiger partial charge in [0.15, 0.2) is 5.82 Å². The third-order valence-corrected chi connectivity index (χ3v) is 16.9. The lowest BCUT2D eigenvalue weighted by Gasteiger charge is -2.43. The Kier molecular flexibility index (Phi) is 15.4. The van der Waals surface area contributed by atoms with E-state index >= 15 is 0 Å². The molecule has 0 bridgehead atoms. The number of benzene rings is 2. The van der Waals surface area contributed by atoms with E-state index in [9.17, 15) is 37.9 Å². The standard InChI is InChI=1S/C51H59Cl2F2N11O7S/c1-26-27(2)74-49-42(26)44(29-8-10-30(52)11-9-29)60-36(47-62-61-28(3)66(47)49)20-39(67)59-22-40(68)58-17-19-65(57)45(46(54)55)35(56)24-73-38-13-12-34(53)33-14-18-64(48(70)31-6-4-5-7-32(31)50(71)72)37(43(33)38)23-63-25-51(15-16-51)21-41(63)69/h8-13,31-32,36-37,46H,4-7,14-25,56-57H2,1-3H3,(H,58,68)(H,59,67)(H,71,72)/b45-35-. The first-order chi connectivity index (χ1) is 35.3. The zero-order valence-corrected chi connectivity index (χ0v) is 43.6. The van der Waals surface area contributed by atoms with E-state index in [2.05, 4.69) is 20.8 Å². The zero-order chi connectivity index (χ0) is 52.7. The van der Waals surface area contributed by atoms with Crippen molar-refractivity contribution in [2.75, 3.05) is 45.9 Å². The molecule has 1 spiro atoms. The molecule has 4 unspecified atom stereocenters. The van der Waals surface area contributed by atoms with Gasteiger partial charge in [-0.2, -0.15) is 0 Å². The number of hydrogen-bond donors (Lipinski definition) is 5. The number of nitrogens with zero attached hydrogens (tertiary/aromatic N) is 7. The molecule has 7 N–H and O–H groups in total. The van der Waals surface area contributed by atoms with Gasteiger partial charge >= 0.3 is 5.97 Å². The number of aryl methyl sites for hydroxylation is 2. The van der Waals surface area contributed by atoms with Crippen molar-refractivity contribution in [3.05, 3.63) is 102 Å². The maximum atomic E-state index is 14.8. The Morgan fingerprint density at radius 3 is 2.43 bits per heavy atom. The predicted octanol–water partition coefficient (Wildman–Crippen LogP) is 6.09. The average molecular weight is 1080 g/mol. The number of amides is 4. The number of nitrogens with two attached hydrogens (primary N) is 2. The van der Waals surface area contributed by atoms with E-state index < -0.39 is 72.7 Å². The van der Waals surface area contributed by atoms with Crippen LogP contribution >= 0.6 is 34.5 Å². The Balaban J connectivity index is 0.850. The van der Waals surface area contributed by atoms with Crippen molar-refractivity contribution < 1.29 is 42.6 Å². The molecule has 4 amide bonds. The van der Waals surface area contributed by atoms with Gasteiger partial charge in [0.2, 0.25) is 23.6 Å². The maximum Gasteiger partial charge on any atom is 0.307 e. The van der Waals surface area contributed by atoms with Crippen molar-refractivity contribution in [1.82, 2.24) is 40.2 Å².